The van der Waals surface area contributed by atoms with E-state index in [1.807, 2.05) is 12.1 Å². The van der Waals surface area contributed by atoms with Crippen LogP contribution >= 0.6 is 11.3 Å². The summed E-state index contributed by atoms with van der Waals surface area (Å²) in [5.74, 6) is -0.952. The molecule has 0 aliphatic rings. The third-order valence-corrected chi connectivity index (χ3v) is 4.85. The number of amides is 2. The quantitative estimate of drug-likeness (QED) is 0.628. The van der Waals surface area contributed by atoms with Crippen molar-refractivity contribution in [2.75, 3.05) is 5.32 Å². The largest absolute Gasteiger partial charge is 0.369 e. The van der Waals surface area contributed by atoms with Gasteiger partial charge in [0.15, 0.2) is 0 Å². The van der Waals surface area contributed by atoms with E-state index in [4.69, 9.17) is 5.73 Å². The second-order valence-electron chi connectivity index (χ2n) is 5.84. The molecule has 0 aliphatic carbocycles. The molecule has 27 heavy (non-hydrogen) atoms. The normalized spacial score (nSPS) is 10.9. The molecule has 6 heteroatoms. The number of anilines is 1. The van der Waals surface area contributed by atoms with Crippen LogP contribution in [0.25, 0.3) is 16.5 Å². The smallest absolute Gasteiger partial charge is 0.248 e. The molecule has 0 bridgehead atoms. The number of hydrogen-bond donors (Lipinski definition) is 2. The molecule has 1 aromatic heterocycles. The number of hydrogen-bond acceptors (Lipinski definition) is 3. The van der Waals surface area contributed by atoms with Gasteiger partial charge in [-0.15, -0.1) is 11.3 Å². The van der Waals surface area contributed by atoms with E-state index in [0.29, 0.717) is 11.3 Å². The average Bonchev–Trinajstić information content (AvgIpc) is 3.10. The number of nitrogens with one attached hydrogen (secondary N) is 1. The van der Waals surface area contributed by atoms with E-state index < -0.39 is 5.91 Å². The number of rotatable bonds is 6. The van der Waals surface area contributed by atoms with Gasteiger partial charge in [-0.1, -0.05) is 30.3 Å². The maximum Gasteiger partial charge on any atom is 0.248 e. The molecule has 136 valence electrons. The highest BCUT2D eigenvalue weighted by atomic mass is 32.1. The van der Waals surface area contributed by atoms with E-state index in [2.05, 4.69) is 5.32 Å². The van der Waals surface area contributed by atoms with E-state index in [9.17, 15) is 14.0 Å². The summed E-state index contributed by atoms with van der Waals surface area (Å²) in [6.07, 6.45) is 3.27. The summed E-state index contributed by atoms with van der Waals surface area (Å²) in [6, 6.07) is 17.2. The maximum absolute atomic E-state index is 13.8. The molecule has 4 nitrogen and oxygen atoms in total. The van der Waals surface area contributed by atoms with Gasteiger partial charge in [0.1, 0.15) is 5.82 Å². The van der Waals surface area contributed by atoms with E-state index >= 15 is 0 Å². The molecule has 0 unspecified atom stereocenters. The molecule has 2 aromatic carbocycles. The fourth-order valence-electron chi connectivity index (χ4n) is 2.50. The lowest BCUT2D eigenvalue weighted by Gasteiger charge is -2.03. The van der Waals surface area contributed by atoms with Crippen LogP contribution in [0.5, 0.6) is 0 Å². The molecule has 3 N–H and O–H groups in total. The molecular formula is C21H17FN2O2S. The monoisotopic (exact) mass is 380 g/mol. The lowest BCUT2D eigenvalue weighted by molar-refractivity contribution is -0.117. The van der Waals surface area contributed by atoms with Gasteiger partial charge in [-0.2, -0.15) is 0 Å². The van der Waals surface area contributed by atoms with Crippen LogP contribution in [0, 0.1) is 5.82 Å². The van der Waals surface area contributed by atoms with Crippen LogP contribution < -0.4 is 11.1 Å². The van der Waals surface area contributed by atoms with Crippen molar-refractivity contribution < 1.29 is 14.0 Å². The van der Waals surface area contributed by atoms with Gasteiger partial charge in [0.2, 0.25) is 11.8 Å². The Kier molecular flexibility index (Phi) is 5.78. The van der Waals surface area contributed by atoms with Crippen LogP contribution in [-0.4, -0.2) is 11.8 Å². The molecule has 1 heterocycles. The number of primary amides is 1. The first-order valence-corrected chi connectivity index (χ1v) is 9.04. The number of nitrogens with two attached hydrogens (primary N) is 1. The van der Waals surface area contributed by atoms with Crippen molar-refractivity contribution in [3.05, 3.63) is 83.0 Å². The van der Waals surface area contributed by atoms with Crippen LogP contribution in [0.2, 0.25) is 0 Å². The minimum Gasteiger partial charge on any atom is -0.369 e. The van der Waals surface area contributed by atoms with Crippen LogP contribution in [0.15, 0.2) is 66.7 Å². The molecule has 0 aliphatic heterocycles. The molecular weight excluding hydrogens is 363 g/mol. The number of carbonyl (C=O) groups excluding carboxylic acids is 2. The van der Waals surface area contributed by atoms with Crippen LogP contribution in [0.3, 0.4) is 0 Å². The first kappa shape index (κ1) is 18.5. The van der Waals surface area contributed by atoms with Crippen LogP contribution in [-0.2, 0) is 16.0 Å². The fraction of sp³-hybridized carbons (Fsp3) is 0.0476. The second-order valence-corrected chi connectivity index (χ2v) is 6.96. The molecule has 2 amide bonds. The summed E-state index contributed by atoms with van der Waals surface area (Å²) in [7, 11) is 0. The van der Waals surface area contributed by atoms with Crippen LogP contribution in [0.1, 0.15) is 10.4 Å². The summed E-state index contributed by atoms with van der Waals surface area (Å²) < 4.78 is 13.8. The predicted octanol–water partition coefficient (Wildman–Crippen LogP) is 4.23. The molecule has 0 radical (unpaired) electrons. The van der Waals surface area contributed by atoms with Crippen molar-refractivity contribution in [2.45, 2.75) is 6.42 Å². The van der Waals surface area contributed by atoms with Gasteiger partial charge >= 0.3 is 0 Å². The van der Waals surface area contributed by atoms with Crippen LogP contribution in [0.4, 0.5) is 10.1 Å². The molecule has 0 fully saturated rings. The van der Waals surface area contributed by atoms with E-state index in [1.54, 1.807) is 48.5 Å². The highest BCUT2D eigenvalue weighted by molar-refractivity contribution is 7.16. The zero-order valence-corrected chi connectivity index (χ0v) is 15.1. The predicted molar refractivity (Wildman–Crippen MR) is 107 cm³/mol. The summed E-state index contributed by atoms with van der Waals surface area (Å²) in [4.78, 5) is 24.6. The Morgan fingerprint density at radius 3 is 2.48 bits per heavy atom. The third kappa shape index (κ3) is 5.12. The van der Waals surface area contributed by atoms with Crippen molar-refractivity contribution >= 4 is 34.9 Å². The van der Waals surface area contributed by atoms with Gasteiger partial charge in [-0.05, 0) is 42.0 Å². The fourth-order valence-corrected chi connectivity index (χ4v) is 3.43. The van der Waals surface area contributed by atoms with Gasteiger partial charge in [-0.25, -0.2) is 4.39 Å². The summed E-state index contributed by atoms with van der Waals surface area (Å²) in [5.41, 5.74) is 7.10. The number of benzene rings is 2. The highest BCUT2D eigenvalue weighted by Crippen LogP contribution is 2.30. The summed E-state index contributed by atoms with van der Waals surface area (Å²) >= 11 is 1.41. The van der Waals surface area contributed by atoms with Crippen molar-refractivity contribution in [1.82, 2.24) is 0 Å². The zero-order chi connectivity index (χ0) is 19.2. The minimum atomic E-state index is -0.402. The maximum atomic E-state index is 13.8. The van der Waals surface area contributed by atoms with E-state index in [-0.39, 0.29) is 18.1 Å². The number of halogens is 1. The van der Waals surface area contributed by atoms with Crippen molar-refractivity contribution in [3.8, 4) is 10.4 Å². The first-order valence-electron chi connectivity index (χ1n) is 8.22. The first-order chi connectivity index (χ1) is 13.0. The molecule has 3 aromatic rings. The number of thiophene rings is 1. The lowest BCUT2D eigenvalue weighted by atomic mass is 10.1. The molecule has 0 atom stereocenters. The van der Waals surface area contributed by atoms with Crippen molar-refractivity contribution in [3.63, 3.8) is 0 Å². The van der Waals surface area contributed by atoms with Crippen molar-refractivity contribution in [1.29, 1.82) is 0 Å². The Bertz CT molecular complexity index is 993. The van der Waals surface area contributed by atoms with Gasteiger partial charge in [0.05, 0.1) is 6.42 Å². The summed E-state index contributed by atoms with van der Waals surface area (Å²) in [6.45, 7) is 0. The van der Waals surface area contributed by atoms with Crippen molar-refractivity contribution in [2.24, 2.45) is 5.73 Å². The average molecular weight is 380 g/mol. The Morgan fingerprint density at radius 1 is 1.04 bits per heavy atom. The Hall–Kier alpha value is -3.25. The topological polar surface area (TPSA) is 72.2 Å². The third-order valence-electron chi connectivity index (χ3n) is 3.76. The molecule has 0 saturated heterocycles. The minimum absolute atomic E-state index is 0.164. The Balaban J connectivity index is 1.62. The molecule has 3 rings (SSSR count). The Labute approximate surface area is 160 Å². The molecule has 0 spiro atoms. The van der Waals surface area contributed by atoms with E-state index in [1.165, 1.54) is 23.5 Å². The SMILES string of the molecule is NC(=O)Cc1ccc(NC(=O)/C=C/c2ccc(-c3ccccc3F)s2)cc1. The lowest BCUT2D eigenvalue weighted by Crippen LogP contribution is -2.13. The number of carbonyl (C=O) groups is 2. The summed E-state index contributed by atoms with van der Waals surface area (Å²) in [5, 5.41) is 2.74. The van der Waals surface area contributed by atoms with Gasteiger partial charge < -0.3 is 11.1 Å². The zero-order valence-electron chi connectivity index (χ0n) is 14.3. The second kappa shape index (κ2) is 8.42. The highest BCUT2D eigenvalue weighted by Gasteiger charge is 2.06. The van der Waals surface area contributed by atoms with Gasteiger partial charge in [0, 0.05) is 27.1 Å². The van der Waals surface area contributed by atoms with Gasteiger partial charge in [0.25, 0.3) is 0 Å². The van der Waals surface area contributed by atoms with Gasteiger partial charge in [-0.3, -0.25) is 9.59 Å². The molecule has 0 saturated carbocycles. The Morgan fingerprint density at radius 2 is 1.78 bits per heavy atom. The van der Waals surface area contributed by atoms with E-state index in [0.717, 1.165) is 15.3 Å². The standard InChI is InChI=1S/C21H17FN2O2S/c22-18-4-2-1-3-17(18)19-11-9-16(27-19)10-12-21(26)24-15-7-5-14(6-8-15)13-20(23)25/h1-12H,13H2,(H2,23,25)(H,24,26)/b12-10+.